The van der Waals surface area contributed by atoms with Gasteiger partial charge in [-0.2, -0.15) is 0 Å². The van der Waals surface area contributed by atoms with E-state index in [1.807, 2.05) is 26.0 Å². The van der Waals surface area contributed by atoms with Crippen molar-refractivity contribution < 1.29 is 23.4 Å². The van der Waals surface area contributed by atoms with E-state index < -0.39 is 0 Å². The van der Waals surface area contributed by atoms with Gasteiger partial charge in [0.05, 0.1) is 20.3 Å². The Morgan fingerprint density at radius 1 is 1.27 bits per heavy atom. The summed E-state index contributed by atoms with van der Waals surface area (Å²) in [7, 11) is 3.14. The Kier molecular flexibility index (Phi) is 5.71. The van der Waals surface area contributed by atoms with Crippen molar-refractivity contribution in [3.63, 3.8) is 0 Å². The van der Waals surface area contributed by atoms with Crippen molar-refractivity contribution in [2.24, 2.45) is 0 Å². The number of fused-ring (bicyclic) bond motifs is 1. The number of amides is 1. The van der Waals surface area contributed by atoms with Gasteiger partial charge in [0, 0.05) is 30.6 Å². The van der Waals surface area contributed by atoms with Crippen LogP contribution in [0.2, 0.25) is 0 Å². The summed E-state index contributed by atoms with van der Waals surface area (Å²) in [6.45, 7) is 5.84. The Balaban J connectivity index is 1.92. The molecule has 142 valence electrons. The van der Waals surface area contributed by atoms with E-state index in [0.717, 1.165) is 36.8 Å². The Bertz CT molecular complexity index is 776. The van der Waals surface area contributed by atoms with Gasteiger partial charge in [0.1, 0.15) is 0 Å². The predicted octanol–water partition coefficient (Wildman–Crippen LogP) is 3.79. The third kappa shape index (κ3) is 3.38. The van der Waals surface area contributed by atoms with Gasteiger partial charge in [0.15, 0.2) is 17.1 Å². The number of aryl methyl sites for hydroxylation is 1. The minimum atomic E-state index is -0.114. The highest BCUT2D eigenvalue weighted by atomic mass is 16.5. The fourth-order valence-corrected chi connectivity index (χ4v) is 3.50. The van der Waals surface area contributed by atoms with Gasteiger partial charge >= 0.3 is 0 Å². The van der Waals surface area contributed by atoms with E-state index in [1.54, 1.807) is 19.1 Å². The number of rotatable bonds is 6. The van der Waals surface area contributed by atoms with Crippen LogP contribution in [0.25, 0.3) is 11.0 Å². The molecule has 1 unspecified atom stereocenters. The molecule has 1 fully saturated rings. The topological polar surface area (TPSA) is 61.1 Å². The molecule has 1 atom stereocenters. The minimum Gasteiger partial charge on any atom is -0.493 e. The highest BCUT2D eigenvalue weighted by molar-refractivity contribution is 6.00. The van der Waals surface area contributed by atoms with Crippen molar-refractivity contribution in [3.8, 4) is 11.5 Å². The molecule has 0 radical (unpaired) electrons. The highest BCUT2D eigenvalue weighted by Gasteiger charge is 2.27. The first-order valence-corrected chi connectivity index (χ1v) is 9.15. The molecule has 0 N–H and O–H groups in total. The Morgan fingerprint density at radius 3 is 2.69 bits per heavy atom. The lowest BCUT2D eigenvalue weighted by Gasteiger charge is -2.28. The van der Waals surface area contributed by atoms with Crippen LogP contribution in [0.5, 0.6) is 11.5 Å². The molecule has 1 aliphatic heterocycles. The molecule has 6 heteroatoms. The van der Waals surface area contributed by atoms with Gasteiger partial charge in [-0.25, -0.2) is 0 Å². The number of hydrogen-bond acceptors (Lipinski definition) is 5. The van der Waals surface area contributed by atoms with Crippen LogP contribution in [0.3, 0.4) is 0 Å². The molecule has 1 aromatic heterocycles. The number of likely N-dealkylation sites (N-methyl/N-ethyl adjacent to an activating group) is 1. The lowest BCUT2D eigenvalue weighted by atomic mass is 10.1. The van der Waals surface area contributed by atoms with Crippen molar-refractivity contribution in [3.05, 3.63) is 23.5 Å². The minimum absolute atomic E-state index is 0.104. The monoisotopic (exact) mass is 361 g/mol. The Labute approximate surface area is 154 Å². The van der Waals surface area contributed by atoms with Crippen molar-refractivity contribution in [1.29, 1.82) is 0 Å². The number of methoxy groups -OCH3 is 2. The third-order valence-corrected chi connectivity index (χ3v) is 5.01. The zero-order chi connectivity index (χ0) is 18.7. The van der Waals surface area contributed by atoms with E-state index in [-0.39, 0.29) is 12.0 Å². The summed E-state index contributed by atoms with van der Waals surface area (Å²) in [4.78, 5) is 14.9. The zero-order valence-electron chi connectivity index (χ0n) is 16.0. The van der Waals surface area contributed by atoms with E-state index in [9.17, 15) is 4.79 Å². The molecule has 2 heterocycles. The predicted molar refractivity (Wildman–Crippen MR) is 99.2 cm³/mol. The van der Waals surface area contributed by atoms with Crippen LogP contribution >= 0.6 is 0 Å². The van der Waals surface area contributed by atoms with Crippen molar-refractivity contribution in [2.45, 2.75) is 39.2 Å². The smallest absolute Gasteiger partial charge is 0.289 e. The summed E-state index contributed by atoms with van der Waals surface area (Å²) < 4.78 is 22.5. The summed E-state index contributed by atoms with van der Waals surface area (Å²) >= 11 is 0. The van der Waals surface area contributed by atoms with E-state index >= 15 is 0 Å². The van der Waals surface area contributed by atoms with Gasteiger partial charge in [-0.15, -0.1) is 0 Å². The van der Waals surface area contributed by atoms with Gasteiger partial charge in [-0.1, -0.05) is 0 Å². The second-order valence-corrected chi connectivity index (χ2v) is 6.57. The maximum Gasteiger partial charge on any atom is 0.289 e. The number of ether oxygens (including phenoxy) is 3. The number of nitrogens with zero attached hydrogens (tertiary/aromatic N) is 1. The summed E-state index contributed by atoms with van der Waals surface area (Å²) in [6.07, 6.45) is 3.35. The molecule has 0 aliphatic carbocycles. The van der Waals surface area contributed by atoms with Crippen LogP contribution in [-0.4, -0.2) is 50.8 Å². The van der Waals surface area contributed by atoms with E-state index in [1.165, 1.54) is 0 Å². The molecular weight excluding hydrogens is 334 g/mol. The second-order valence-electron chi connectivity index (χ2n) is 6.57. The number of carbonyl (C=O) groups excluding carboxylic acids is 1. The second kappa shape index (κ2) is 7.99. The molecule has 1 aliphatic rings. The van der Waals surface area contributed by atoms with E-state index in [4.69, 9.17) is 18.6 Å². The van der Waals surface area contributed by atoms with Crippen LogP contribution in [0.4, 0.5) is 0 Å². The normalized spacial score (nSPS) is 17.3. The van der Waals surface area contributed by atoms with Gasteiger partial charge in [0.25, 0.3) is 5.91 Å². The fraction of sp³-hybridized carbons (Fsp3) is 0.550. The first-order chi connectivity index (χ1) is 12.6. The molecule has 0 saturated carbocycles. The summed E-state index contributed by atoms with van der Waals surface area (Å²) in [5, 5.41) is 0.857. The van der Waals surface area contributed by atoms with E-state index in [0.29, 0.717) is 35.9 Å². The molecule has 0 bridgehead atoms. The number of hydrogen-bond donors (Lipinski definition) is 0. The molecule has 1 amide bonds. The van der Waals surface area contributed by atoms with Gasteiger partial charge < -0.3 is 23.5 Å². The molecule has 1 saturated heterocycles. The third-order valence-electron chi connectivity index (χ3n) is 5.01. The van der Waals surface area contributed by atoms with E-state index in [2.05, 4.69) is 0 Å². The summed E-state index contributed by atoms with van der Waals surface area (Å²) in [5.41, 5.74) is 1.35. The Hall–Kier alpha value is -2.21. The maximum atomic E-state index is 13.1. The summed E-state index contributed by atoms with van der Waals surface area (Å²) in [6, 6.07) is 3.72. The van der Waals surface area contributed by atoms with Gasteiger partial charge in [-0.3, -0.25) is 4.79 Å². The van der Waals surface area contributed by atoms with Gasteiger partial charge in [-0.05, 0) is 45.2 Å². The van der Waals surface area contributed by atoms with Crippen molar-refractivity contribution >= 4 is 16.9 Å². The molecule has 0 spiro atoms. The molecular formula is C20H27NO5. The van der Waals surface area contributed by atoms with Crippen molar-refractivity contribution in [1.82, 2.24) is 4.90 Å². The highest BCUT2D eigenvalue weighted by Crippen LogP contribution is 2.39. The van der Waals surface area contributed by atoms with Crippen molar-refractivity contribution in [2.75, 3.05) is 33.9 Å². The molecule has 3 rings (SSSR count). The largest absolute Gasteiger partial charge is 0.493 e. The lowest BCUT2D eigenvalue weighted by Crippen LogP contribution is -2.39. The zero-order valence-corrected chi connectivity index (χ0v) is 16.0. The van der Waals surface area contributed by atoms with Gasteiger partial charge in [0.2, 0.25) is 5.75 Å². The number of furan rings is 1. The first-order valence-electron chi connectivity index (χ1n) is 9.15. The Morgan fingerprint density at radius 2 is 2.08 bits per heavy atom. The first kappa shape index (κ1) is 18.6. The fourth-order valence-electron chi connectivity index (χ4n) is 3.50. The molecule has 6 nitrogen and oxygen atoms in total. The SMILES string of the molecule is CCN(CC1CCCCO1)C(=O)c1oc2c(OC)c(OC)ccc2c1C. The standard InChI is InChI=1S/C20H27NO5/c1-5-21(12-14-8-6-7-11-25-14)20(22)17-13(2)15-9-10-16(23-3)19(24-4)18(15)26-17/h9-10,14H,5-8,11-12H2,1-4H3. The van der Waals surface area contributed by atoms with Crippen LogP contribution in [-0.2, 0) is 4.74 Å². The number of benzene rings is 1. The average Bonchev–Trinajstić information content (AvgIpc) is 3.02. The van der Waals surface area contributed by atoms with Crippen LogP contribution in [0.1, 0.15) is 42.3 Å². The maximum absolute atomic E-state index is 13.1. The van der Waals surface area contributed by atoms with Crippen LogP contribution < -0.4 is 9.47 Å². The average molecular weight is 361 g/mol. The number of carbonyl (C=O) groups is 1. The summed E-state index contributed by atoms with van der Waals surface area (Å²) in [5.74, 6) is 1.32. The molecule has 26 heavy (non-hydrogen) atoms. The molecule has 2 aromatic rings. The molecule has 1 aromatic carbocycles. The quantitative estimate of drug-likeness (QED) is 0.783. The van der Waals surface area contributed by atoms with Crippen LogP contribution in [0.15, 0.2) is 16.5 Å². The van der Waals surface area contributed by atoms with Crippen LogP contribution in [0, 0.1) is 6.92 Å². The lowest BCUT2D eigenvalue weighted by molar-refractivity contribution is -0.00367.